The highest BCUT2D eigenvalue weighted by atomic mass is 32.1. The summed E-state index contributed by atoms with van der Waals surface area (Å²) in [5.74, 6) is 0. The van der Waals surface area contributed by atoms with Crippen LogP contribution < -0.4 is 5.32 Å². The lowest BCUT2D eigenvalue weighted by atomic mass is 10.2. The van der Waals surface area contributed by atoms with Crippen LogP contribution in [0.15, 0.2) is 6.07 Å². The van der Waals surface area contributed by atoms with Crippen LogP contribution in [0.5, 0.6) is 0 Å². The minimum absolute atomic E-state index is 0.223. The van der Waals surface area contributed by atoms with Gasteiger partial charge in [0.1, 0.15) is 5.60 Å². The van der Waals surface area contributed by atoms with Gasteiger partial charge in [-0.2, -0.15) is 0 Å². The predicted molar refractivity (Wildman–Crippen MR) is 93.6 cm³/mol. The first-order valence-electron chi connectivity index (χ1n) is 7.97. The lowest BCUT2D eigenvalue weighted by molar-refractivity contribution is 0.0252. The molecule has 5 heteroatoms. The molecule has 1 aromatic heterocycles. The first-order chi connectivity index (χ1) is 10.2. The second kappa shape index (κ2) is 8.53. The Morgan fingerprint density at radius 3 is 2.50 bits per heavy atom. The van der Waals surface area contributed by atoms with Gasteiger partial charge in [0.15, 0.2) is 0 Å². The molecule has 22 heavy (non-hydrogen) atoms. The SMILES string of the molecule is CCCN(CCNCc1cc(C)sc1C)C(=O)OC(C)(C)C. The van der Waals surface area contributed by atoms with Gasteiger partial charge in [0.25, 0.3) is 0 Å². The van der Waals surface area contributed by atoms with Crippen LogP contribution in [0.3, 0.4) is 0 Å². The molecule has 0 fully saturated rings. The Labute approximate surface area is 138 Å². The van der Waals surface area contributed by atoms with Gasteiger partial charge in [-0.05, 0) is 52.7 Å². The van der Waals surface area contributed by atoms with Crippen molar-refractivity contribution in [3.05, 3.63) is 21.4 Å². The molecule has 4 nitrogen and oxygen atoms in total. The van der Waals surface area contributed by atoms with Crippen LogP contribution in [-0.4, -0.2) is 36.2 Å². The van der Waals surface area contributed by atoms with E-state index in [9.17, 15) is 4.79 Å². The number of nitrogens with one attached hydrogen (secondary N) is 1. The van der Waals surface area contributed by atoms with E-state index in [1.54, 1.807) is 4.90 Å². The van der Waals surface area contributed by atoms with E-state index in [0.29, 0.717) is 6.54 Å². The number of aryl methyl sites for hydroxylation is 2. The Kier molecular flexibility index (Phi) is 7.36. The number of rotatable bonds is 7. The van der Waals surface area contributed by atoms with Crippen molar-refractivity contribution in [2.75, 3.05) is 19.6 Å². The van der Waals surface area contributed by atoms with Crippen molar-refractivity contribution in [1.82, 2.24) is 10.2 Å². The zero-order chi connectivity index (χ0) is 16.8. The topological polar surface area (TPSA) is 41.6 Å². The average molecular weight is 327 g/mol. The molecule has 0 bridgehead atoms. The Morgan fingerprint density at radius 1 is 1.32 bits per heavy atom. The normalized spacial score (nSPS) is 11.5. The second-order valence-electron chi connectivity index (χ2n) is 6.58. The van der Waals surface area contributed by atoms with Crippen molar-refractivity contribution in [2.45, 2.75) is 60.1 Å². The van der Waals surface area contributed by atoms with E-state index in [4.69, 9.17) is 4.74 Å². The van der Waals surface area contributed by atoms with Crippen LogP contribution in [0.25, 0.3) is 0 Å². The zero-order valence-electron chi connectivity index (χ0n) is 14.8. The van der Waals surface area contributed by atoms with Gasteiger partial charge in [0.05, 0.1) is 0 Å². The van der Waals surface area contributed by atoms with E-state index in [1.807, 2.05) is 32.1 Å². The van der Waals surface area contributed by atoms with Gasteiger partial charge in [0, 0.05) is 35.9 Å². The smallest absolute Gasteiger partial charge is 0.410 e. The van der Waals surface area contributed by atoms with E-state index < -0.39 is 5.60 Å². The summed E-state index contributed by atoms with van der Waals surface area (Å²) >= 11 is 1.83. The third-order valence-electron chi connectivity index (χ3n) is 3.16. The largest absolute Gasteiger partial charge is 0.444 e. The fourth-order valence-electron chi connectivity index (χ4n) is 2.19. The summed E-state index contributed by atoms with van der Waals surface area (Å²) in [4.78, 5) is 16.6. The quantitative estimate of drug-likeness (QED) is 0.767. The molecular formula is C17H30N2O2S. The van der Waals surface area contributed by atoms with Crippen molar-refractivity contribution >= 4 is 17.4 Å². The number of amides is 1. The lowest BCUT2D eigenvalue weighted by Crippen LogP contribution is -2.40. The molecule has 0 radical (unpaired) electrons. The van der Waals surface area contributed by atoms with Crippen LogP contribution >= 0.6 is 11.3 Å². The van der Waals surface area contributed by atoms with E-state index in [1.165, 1.54) is 15.3 Å². The van der Waals surface area contributed by atoms with E-state index in [2.05, 4.69) is 32.2 Å². The molecule has 0 unspecified atom stereocenters. The molecule has 0 aromatic carbocycles. The Morgan fingerprint density at radius 2 is 2.00 bits per heavy atom. The van der Waals surface area contributed by atoms with Crippen LogP contribution in [0, 0.1) is 13.8 Å². The van der Waals surface area contributed by atoms with Crippen molar-refractivity contribution in [1.29, 1.82) is 0 Å². The van der Waals surface area contributed by atoms with Gasteiger partial charge >= 0.3 is 6.09 Å². The number of hydrogen-bond acceptors (Lipinski definition) is 4. The van der Waals surface area contributed by atoms with Crippen molar-refractivity contribution in [2.24, 2.45) is 0 Å². The molecule has 0 atom stereocenters. The molecule has 0 aliphatic rings. The van der Waals surface area contributed by atoms with Crippen LogP contribution in [0.4, 0.5) is 4.79 Å². The standard InChI is InChI=1S/C17H30N2O2S/c1-7-9-19(16(20)21-17(4,5)6)10-8-18-12-15-11-13(2)22-14(15)3/h11,18H,7-10,12H2,1-6H3. The lowest BCUT2D eigenvalue weighted by Gasteiger charge is -2.27. The maximum absolute atomic E-state index is 12.1. The Bertz CT molecular complexity index is 477. The number of carbonyl (C=O) groups excluding carboxylic acids is 1. The summed E-state index contributed by atoms with van der Waals surface area (Å²) in [7, 11) is 0. The predicted octanol–water partition coefficient (Wildman–Crippen LogP) is 4.10. The molecule has 0 aliphatic heterocycles. The summed E-state index contributed by atoms with van der Waals surface area (Å²) in [6, 6.07) is 2.23. The van der Waals surface area contributed by atoms with Gasteiger partial charge in [0.2, 0.25) is 0 Å². The molecule has 1 amide bonds. The third kappa shape index (κ3) is 6.79. The first-order valence-corrected chi connectivity index (χ1v) is 8.79. The van der Waals surface area contributed by atoms with E-state index in [-0.39, 0.29) is 6.09 Å². The molecule has 1 N–H and O–H groups in total. The minimum atomic E-state index is -0.443. The molecule has 0 saturated carbocycles. The monoisotopic (exact) mass is 326 g/mol. The van der Waals surface area contributed by atoms with E-state index in [0.717, 1.165) is 26.1 Å². The molecule has 1 heterocycles. The molecule has 0 aliphatic carbocycles. The van der Waals surface area contributed by atoms with Crippen molar-refractivity contribution in [3.8, 4) is 0 Å². The number of ether oxygens (including phenoxy) is 1. The highest BCUT2D eigenvalue weighted by molar-refractivity contribution is 7.12. The van der Waals surface area contributed by atoms with Gasteiger partial charge in [-0.15, -0.1) is 11.3 Å². The highest BCUT2D eigenvalue weighted by Crippen LogP contribution is 2.20. The van der Waals surface area contributed by atoms with Gasteiger partial charge in [-0.3, -0.25) is 0 Å². The third-order valence-corrected chi connectivity index (χ3v) is 4.17. The summed E-state index contributed by atoms with van der Waals surface area (Å²) in [6.07, 6.45) is 0.709. The first kappa shape index (κ1) is 19.0. The van der Waals surface area contributed by atoms with Crippen LogP contribution in [-0.2, 0) is 11.3 Å². The molecule has 126 valence electrons. The minimum Gasteiger partial charge on any atom is -0.444 e. The van der Waals surface area contributed by atoms with Crippen LogP contribution in [0.1, 0.15) is 49.4 Å². The highest BCUT2D eigenvalue weighted by Gasteiger charge is 2.21. The maximum atomic E-state index is 12.1. The fraction of sp³-hybridized carbons (Fsp3) is 0.706. The molecular weight excluding hydrogens is 296 g/mol. The van der Waals surface area contributed by atoms with Gasteiger partial charge in [-0.25, -0.2) is 4.79 Å². The Balaban J connectivity index is 2.41. The fourth-order valence-corrected chi connectivity index (χ4v) is 3.13. The maximum Gasteiger partial charge on any atom is 0.410 e. The summed E-state index contributed by atoms with van der Waals surface area (Å²) in [6.45, 7) is 15.1. The van der Waals surface area contributed by atoms with Crippen molar-refractivity contribution in [3.63, 3.8) is 0 Å². The number of nitrogens with zero attached hydrogens (tertiary/aromatic N) is 1. The number of hydrogen-bond donors (Lipinski definition) is 1. The summed E-state index contributed by atoms with van der Waals surface area (Å²) in [5, 5.41) is 3.42. The molecule has 0 spiro atoms. The zero-order valence-corrected chi connectivity index (χ0v) is 15.6. The number of carbonyl (C=O) groups is 1. The van der Waals surface area contributed by atoms with Gasteiger partial charge < -0.3 is 15.0 Å². The van der Waals surface area contributed by atoms with Crippen molar-refractivity contribution < 1.29 is 9.53 Å². The second-order valence-corrected chi connectivity index (χ2v) is 8.04. The van der Waals surface area contributed by atoms with Crippen LogP contribution in [0.2, 0.25) is 0 Å². The number of thiophene rings is 1. The molecule has 0 saturated heterocycles. The average Bonchev–Trinajstić information content (AvgIpc) is 2.69. The Hall–Kier alpha value is -1.07. The summed E-state index contributed by atoms with van der Waals surface area (Å²) in [5.41, 5.74) is 0.906. The summed E-state index contributed by atoms with van der Waals surface area (Å²) < 4.78 is 5.45. The molecule has 1 rings (SSSR count). The molecule has 1 aromatic rings. The van der Waals surface area contributed by atoms with E-state index >= 15 is 0 Å². The van der Waals surface area contributed by atoms with Gasteiger partial charge in [-0.1, -0.05) is 6.92 Å².